The minimum atomic E-state index is -1.39. The first kappa shape index (κ1) is 18.4. The van der Waals surface area contributed by atoms with Crippen LogP contribution in [0.15, 0.2) is 35.7 Å². The lowest BCUT2D eigenvalue weighted by Crippen LogP contribution is -2.49. The molecule has 0 radical (unpaired) electrons. The van der Waals surface area contributed by atoms with Crippen molar-refractivity contribution in [1.82, 2.24) is 15.1 Å². The first-order valence-corrected chi connectivity index (χ1v) is 8.02. The number of amides is 2. The van der Waals surface area contributed by atoms with Crippen molar-refractivity contribution in [2.75, 3.05) is 13.7 Å². The number of oxime groups is 1. The van der Waals surface area contributed by atoms with Crippen molar-refractivity contribution in [2.45, 2.75) is 18.4 Å². The summed E-state index contributed by atoms with van der Waals surface area (Å²) >= 11 is 0. The van der Waals surface area contributed by atoms with Crippen LogP contribution in [-0.4, -0.2) is 47.8 Å². The number of cyclic esters (lactones) is 1. The molecule has 10 heteroatoms. The first-order valence-electron chi connectivity index (χ1n) is 8.02. The number of nitrogens with two attached hydrogens (primary N) is 1. The predicted molar refractivity (Wildman–Crippen MR) is 92.9 cm³/mol. The number of rotatable bonds is 6. The van der Waals surface area contributed by atoms with E-state index in [9.17, 15) is 14.0 Å². The minimum Gasteiger partial charge on any atom is -0.443 e. The minimum absolute atomic E-state index is 0.100. The third-order valence-electron chi connectivity index (χ3n) is 4.54. The molecule has 1 aliphatic rings. The van der Waals surface area contributed by atoms with E-state index in [2.05, 4.69) is 20.4 Å². The molecular formula is C17H18FN5O4. The van der Waals surface area contributed by atoms with Crippen LogP contribution < -0.4 is 11.1 Å². The summed E-state index contributed by atoms with van der Waals surface area (Å²) in [5.74, 6) is -1.34. The standard InChI is InChI=1S/C17H18FN5O4/c1-17(15(19)24,14-8-20-16(25)27-14)11-3-4-13(12(18)5-11)23-9-10(6-21-23)7-22-26-2/h3-7,9,14H,8H2,1-2H3,(H2,19,24)(H,20,25). The normalized spacial score (nSPS) is 18.8. The van der Waals surface area contributed by atoms with Crippen molar-refractivity contribution in [3.63, 3.8) is 0 Å². The fourth-order valence-corrected chi connectivity index (χ4v) is 2.86. The number of hydrogen-bond donors (Lipinski definition) is 2. The molecule has 2 unspecified atom stereocenters. The molecule has 0 bridgehead atoms. The third-order valence-corrected chi connectivity index (χ3v) is 4.54. The van der Waals surface area contributed by atoms with Crippen LogP contribution in [0.4, 0.5) is 9.18 Å². The number of hydrogen-bond acceptors (Lipinski definition) is 6. The fourth-order valence-electron chi connectivity index (χ4n) is 2.86. The van der Waals surface area contributed by atoms with Crippen molar-refractivity contribution in [3.8, 4) is 5.69 Å². The molecule has 142 valence electrons. The maximum atomic E-state index is 14.8. The van der Waals surface area contributed by atoms with Gasteiger partial charge in [0.05, 0.1) is 19.0 Å². The number of benzene rings is 1. The van der Waals surface area contributed by atoms with Gasteiger partial charge in [-0.15, -0.1) is 0 Å². The summed E-state index contributed by atoms with van der Waals surface area (Å²) in [4.78, 5) is 28.1. The fraction of sp³-hybridized carbons (Fsp3) is 0.294. The molecule has 1 aromatic carbocycles. The first-order chi connectivity index (χ1) is 12.9. The number of primary amides is 1. The summed E-state index contributed by atoms with van der Waals surface area (Å²) in [6.45, 7) is 1.62. The Morgan fingerprint density at radius 2 is 2.37 bits per heavy atom. The zero-order chi connectivity index (χ0) is 19.6. The molecule has 0 aliphatic carbocycles. The van der Waals surface area contributed by atoms with E-state index < -0.39 is 29.3 Å². The van der Waals surface area contributed by atoms with Gasteiger partial charge in [-0.2, -0.15) is 5.10 Å². The molecular weight excluding hydrogens is 357 g/mol. The number of carbonyl (C=O) groups excluding carboxylic acids is 2. The molecule has 0 spiro atoms. The SMILES string of the molecule is CON=Cc1cnn(-c2ccc(C(C)(C(N)=O)C3CNC(=O)O3)cc2F)c1. The van der Waals surface area contributed by atoms with E-state index in [0.717, 1.165) is 0 Å². The second-order valence-corrected chi connectivity index (χ2v) is 6.14. The van der Waals surface area contributed by atoms with Crippen molar-refractivity contribution in [1.29, 1.82) is 0 Å². The summed E-state index contributed by atoms with van der Waals surface area (Å²) < 4.78 is 21.2. The Bertz CT molecular complexity index is 912. The monoisotopic (exact) mass is 375 g/mol. The van der Waals surface area contributed by atoms with E-state index in [1.54, 1.807) is 12.3 Å². The maximum Gasteiger partial charge on any atom is 0.407 e. The Hall–Kier alpha value is -3.43. The van der Waals surface area contributed by atoms with Crippen LogP contribution in [0.5, 0.6) is 0 Å². The van der Waals surface area contributed by atoms with Crippen molar-refractivity contribution >= 4 is 18.2 Å². The van der Waals surface area contributed by atoms with Crippen LogP contribution >= 0.6 is 0 Å². The molecule has 1 fully saturated rings. The van der Waals surface area contributed by atoms with Crippen molar-refractivity contribution < 1.29 is 23.6 Å². The van der Waals surface area contributed by atoms with E-state index in [1.165, 1.54) is 43.3 Å². The van der Waals surface area contributed by atoms with E-state index in [1.807, 2.05) is 0 Å². The Labute approximate surface area is 153 Å². The van der Waals surface area contributed by atoms with Crippen LogP contribution in [0.25, 0.3) is 5.69 Å². The number of ether oxygens (including phenoxy) is 1. The highest BCUT2D eigenvalue weighted by molar-refractivity contribution is 5.88. The molecule has 2 aromatic rings. The molecule has 1 aromatic heterocycles. The Kier molecular flexibility index (Phi) is 4.80. The van der Waals surface area contributed by atoms with Crippen molar-refractivity contribution in [3.05, 3.63) is 47.5 Å². The van der Waals surface area contributed by atoms with Crippen LogP contribution in [0, 0.1) is 5.82 Å². The molecule has 2 atom stereocenters. The zero-order valence-electron chi connectivity index (χ0n) is 14.7. The van der Waals surface area contributed by atoms with E-state index in [4.69, 9.17) is 10.5 Å². The van der Waals surface area contributed by atoms with Gasteiger partial charge in [-0.3, -0.25) is 4.79 Å². The summed E-state index contributed by atoms with van der Waals surface area (Å²) in [5.41, 5.74) is 5.25. The number of carbonyl (C=O) groups is 2. The highest BCUT2D eigenvalue weighted by atomic mass is 19.1. The smallest absolute Gasteiger partial charge is 0.407 e. The average molecular weight is 375 g/mol. The topological polar surface area (TPSA) is 121 Å². The summed E-state index contributed by atoms with van der Waals surface area (Å²) in [6, 6.07) is 4.22. The molecule has 3 N–H and O–H groups in total. The van der Waals surface area contributed by atoms with Crippen LogP contribution in [0.2, 0.25) is 0 Å². The molecule has 2 heterocycles. The second-order valence-electron chi connectivity index (χ2n) is 6.14. The molecule has 3 rings (SSSR count). The molecule has 1 saturated heterocycles. The van der Waals surface area contributed by atoms with Crippen LogP contribution in [0.1, 0.15) is 18.1 Å². The van der Waals surface area contributed by atoms with Gasteiger partial charge in [-0.05, 0) is 24.6 Å². The van der Waals surface area contributed by atoms with Crippen LogP contribution in [0.3, 0.4) is 0 Å². The number of nitrogens with zero attached hydrogens (tertiary/aromatic N) is 3. The molecule has 2 amide bonds. The number of halogens is 1. The average Bonchev–Trinajstić information content (AvgIpc) is 3.28. The van der Waals surface area contributed by atoms with Gasteiger partial charge in [0.2, 0.25) is 5.91 Å². The van der Waals surface area contributed by atoms with E-state index in [-0.39, 0.29) is 12.2 Å². The molecule has 27 heavy (non-hydrogen) atoms. The van der Waals surface area contributed by atoms with Gasteiger partial charge in [-0.25, -0.2) is 13.9 Å². The Balaban J connectivity index is 1.95. The second kappa shape index (κ2) is 7.06. The van der Waals surface area contributed by atoms with Gasteiger partial charge in [0.1, 0.15) is 30.1 Å². The number of aromatic nitrogens is 2. The number of alkyl carbamates (subject to hydrolysis) is 1. The third kappa shape index (κ3) is 3.33. The summed E-state index contributed by atoms with van der Waals surface area (Å²) in [7, 11) is 1.41. The predicted octanol–water partition coefficient (Wildman–Crippen LogP) is 0.843. The Morgan fingerprint density at radius 3 is 2.96 bits per heavy atom. The van der Waals surface area contributed by atoms with Gasteiger partial charge in [0.15, 0.2) is 0 Å². The number of nitrogens with one attached hydrogen (secondary N) is 1. The van der Waals surface area contributed by atoms with Gasteiger partial charge in [0.25, 0.3) is 0 Å². The van der Waals surface area contributed by atoms with Crippen LogP contribution in [-0.2, 0) is 19.8 Å². The van der Waals surface area contributed by atoms with Crippen molar-refractivity contribution in [2.24, 2.45) is 10.9 Å². The van der Waals surface area contributed by atoms with Gasteiger partial charge < -0.3 is 20.6 Å². The van der Waals surface area contributed by atoms with Gasteiger partial charge in [0, 0.05) is 11.8 Å². The summed E-state index contributed by atoms with van der Waals surface area (Å²) in [5, 5.41) is 10.2. The lowest BCUT2D eigenvalue weighted by Gasteiger charge is -2.31. The lowest BCUT2D eigenvalue weighted by molar-refractivity contribution is -0.126. The zero-order valence-corrected chi connectivity index (χ0v) is 14.7. The molecule has 0 saturated carbocycles. The summed E-state index contributed by atoms with van der Waals surface area (Å²) in [6.07, 6.45) is 3.01. The maximum absolute atomic E-state index is 14.8. The van der Waals surface area contributed by atoms with Gasteiger partial charge in [-0.1, -0.05) is 11.2 Å². The largest absolute Gasteiger partial charge is 0.443 e. The highest BCUT2D eigenvalue weighted by Gasteiger charge is 2.47. The quantitative estimate of drug-likeness (QED) is 0.573. The van der Waals surface area contributed by atoms with Gasteiger partial charge >= 0.3 is 6.09 Å². The van der Waals surface area contributed by atoms with E-state index >= 15 is 0 Å². The van der Waals surface area contributed by atoms with E-state index in [0.29, 0.717) is 11.1 Å². The highest BCUT2D eigenvalue weighted by Crippen LogP contribution is 2.32. The molecule has 1 aliphatic heterocycles. The Morgan fingerprint density at radius 1 is 1.59 bits per heavy atom. The molecule has 9 nitrogen and oxygen atoms in total. The lowest BCUT2D eigenvalue weighted by atomic mass is 9.76.